The Morgan fingerprint density at radius 3 is 1.53 bits per heavy atom. The minimum Gasteiger partial charge on any atom is -0.375 e. The van der Waals surface area contributed by atoms with Gasteiger partial charge in [0, 0.05) is 7.05 Å². The summed E-state index contributed by atoms with van der Waals surface area (Å²) < 4.78 is 31.6. The van der Waals surface area contributed by atoms with Crippen LogP contribution in [-0.4, -0.2) is 41.7 Å². The highest BCUT2D eigenvalue weighted by molar-refractivity contribution is 7.80. The Labute approximate surface area is 95.1 Å². The van der Waals surface area contributed by atoms with Gasteiger partial charge in [-0.05, 0) is 19.3 Å². The minimum absolute atomic E-state index is 0. The number of rotatable bonds is 0. The van der Waals surface area contributed by atoms with Crippen molar-refractivity contribution in [3.63, 3.8) is 0 Å². The quantitative estimate of drug-likeness (QED) is 0.126. The Morgan fingerprint density at radius 2 is 1.53 bits per heavy atom. The predicted molar refractivity (Wildman–Crippen MR) is 62.9 cm³/mol. The van der Waals surface area contributed by atoms with E-state index in [-0.39, 0.29) is 12.5 Å². The van der Waals surface area contributed by atoms with Crippen LogP contribution in [0.25, 0.3) is 0 Å². The van der Waals surface area contributed by atoms with E-state index in [1.54, 1.807) is 14.1 Å². The van der Waals surface area contributed by atoms with Crippen LogP contribution in [0.15, 0.2) is 0 Å². The van der Waals surface area contributed by atoms with Crippen LogP contribution in [0, 0.1) is 0 Å². The van der Waals surface area contributed by atoms with Gasteiger partial charge in [0.1, 0.15) is 0 Å². The molecule has 0 amide bonds. The largest absolute Gasteiger partial charge is 0.394 e. The molecular weight excluding hydrogens is 246 g/mol. The maximum atomic E-state index is 8.74. The number of hydrazine groups is 2. The molecular formula is C4H19N5O4S2. The van der Waals surface area contributed by atoms with Crippen molar-refractivity contribution in [2.45, 2.75) is 7.43 Å². The Bertz CT molecular complexity index is 221. The molecule has 0 aromatic rings. The van der Waals surface area contributed by atoms with Crippen LogP contribution in [0.1, 0.15) is 7.43 Å². The molecule has 0 unspecified atom stereocenters. The van der Waals surface area contributed by atoms with Crippen molar-refractivity contribution in [2.24, 2.45) is 17.4 Å². The molecule has 0 radical (unpaired) electrons. The summed E-state index contributed by atoms with van der Waals surface area (Å²) in [6.07, 6.45) is 0. The number of nitrogens with zero attached hydrogens (tertiary/aromatic N) is 1. The zero-order chi connectivity index (χ0) is 12.4. The maximum absolute atomic E-state index is 8.74. The molecule has 0 rings (SSSR count). The van der Waals surface area contributed by atoms with Crippen molar-refractivity contribution in [3.8, 4) is 0 Å². The van der Waals surface area contributed by atoms with Gasteiger partial charge in [-0.3, -0.25) is 25.4 Å². The summed E-state index contributed by atoms with van der Waals surface area (Å²) in [6.45, 7) is 0. The van der Waals surface area contributed by atoms with Crippen molar-refractivity contribution in [2.75, 3.05) is 14.1 Å². The molecule has 96 valence electrons. The summed E-state index contributed by atoms with van der Waals surface area (Å²) in [5.74, 6) is 9.60. The van der Waals surface area contributed by atoms with Crippen molar-refractivity contribution in [1.29, 1.82) is 0 Å². The van der Waals surface area contributed by atoms with E-state index in [0.29, 0.717) is 0 Å². The van der Waals surface area contributed by atoms with E-state index in [9.17, 15) is 0 Å². The highest BCUT2D eigenvalue weighted by Gasteiger charge is 1.84. The number of thiocarbonyl (C=S) groups is 1. The first-order valence-corrected chi connectivity index (χ1v) is 4.71. The van der Waals surface area contributed by atoms with Gasteiger partial charge in [0.25, 0.3) is 0 Å². The van der Waals surface area contributed by atoms with Crippen LogP contribution < -0.4 is 22.8 Å². The van der Waals surface area contributed by atoms with Gasteiger partial charge in [0.05, 0.1) is 0 Å². The van der Waals surface area contributed by atoms with Crippen LogP contribution in [0.2, 0.25) is 0 Å². The van der Waals surface area contributed by atoms with Crippen molar-refractivity contribution < 1.29 is 17.5 Å². The van der Waals surface area contributed by atoms with E-state index in [2.05, 4.69) is 23.5 Å². The molecule has 0 spiro atoms. The van der Waals surface area contributed by atoms with Gasteiger partial charge < -0.3 is 5.73 Å². The first-order chi connectivity index (χ1) is 6.06. The van der Waals surface area contributed by atoms with Crippen molar-refractivity contribution >= 4 is 27.7 Å². The average Bonchev–Trinajstić information content (AvgIpc) is 1.84. The molecule has 0 aromatic carbocycles. The molecule has 11 heteroatoms. The van der Waals surface area contributed by atoms with E-state index >= 15 is 0 Å². The molecule has 0 atom stereocenters. The summed E-state index contributed by atoms with van der Waals surface area (Å²) in [5, 5.41) is 1.38. The zero-order valence-electron chi connectivity index (χ0n) is 7.71. The average molecular weight is 265 g/mol. The third kappa shape index (κ3) is 149. The summed E-state index contributed by atoms with van der Waals surface area (Å²) >= 11 is 4.40. The third-order valence-electron chi connectivity index (χ3n) is 0.348. The van der Waals surface area contributed by atoms with Crippen LogP contribution >= 0.6 is 12.2 Å². The number of hydrogen-bond donors (Lipinski definition) is 6. The SMILES string of the molecule is C.CN(N)C(N)=S.CNN.O=S(=O)(O)O. The number of nitrogens with two attached hydrogens (primary N) is 3. The molecule has 0 aliphatic rings. The smallest absolute Gasteiger partial charge is 0.375 e. The van der Waals surface area contributed by atoms with E-state index in [0.717, 1.165) is 0 Å². The van der Waals surface area contributed by atoms with Crippen LogP contribution in [-0.2, 0) is 10.4 Å². The van der Waals surface area contributed by atoms with Crippen LogP contribution in [0.3, 0.4) is 0 Å². The molecule has 0 saturated carbocycles. The number of nitrogens with one attached hydrogen (secondary N) is 1. The summed E-state index contributed by atoms with van der Waals surface area (Å²) in [7, 11) is -1.43. The highest BCUT2D eigenvalue weighted by atomic mass is 32.3. The Kier molecular flexibility index (Phi) is 21.4. The molecule has 0 aliphatic heterocycles. The lowest BCUT2D eigenvalue weighted by molar-refractivity contribution is 0.381. The summed E-state index contributed by atoms with van der Waals surface area (Å²) in [6, 6.07) is 0. The standard InChI is InChI=1S/C2H7N3S.CH6N2.CH4.H2O4S/c1-5(4)2(3)6;1-3-2;;1-5(2,3)4/h4H2,1H3,(H2,3,6);3H,2H2,1H3;1H4;(H2,1,2,3,4). The van der Waals surface area contributed by atoms with Gasteiger partial charge in [-0.2, -0.15) is 8.42 Å². The van der Waals surface area contributed by atoms with Crippen molar-refractivity contribution in [3.05, 3.63) is 0 Å². The second-order valence-corrected chi connectivity index (χ2v) is 3.00. The van der Waals surface area contributed by atoms with E-state index < -0.39 is 10.4 Å². The van der Waals surface area contributed by atoms with E-state index in [1.165, 1.54) is 5.01 Å². The molecule has 15 heavy (non-hydrogen) atoms. The lowest BCUT2D eigenvalue weighted by Crippen LogP contribution is -2.37. The second kappa shape index (κ2) is 13.4. The minimum atomic E-state index is -4.67. The molecule has 0 aromatic heterocycles. The van der Waals surface area contributed by atoms with E-state index in [1.807, 2.05) is 0 Å². The molecule has 0 bridgehead atoms. The fourth-order valence-electron chi connectivity index (χ4n) is 0. The molecule has 0 saturated heterocycles. The van der Waals surface area contributed by atoms with Gasteiger partial charge in [0.15, 0.2) is 5.11 Å². The molecule has 9 nitrogen and oxygen atoms in total. The Morgan fingerprint density at radius 1 is 1.47 bits per heavy atom. The lowest BCUT2D eigenvalue weighted by atomic mass is 11.0. The van der Waals surface area contributed by atoms with E-state index in [4.69, 9.17) is 29.1 Å². The van der Waals surface area contributed by atoms with Gasteiger partial charge in [-0.15, -0.1) is 0 Å². The monoisotopic (exact) mass is 265 g/mol. The normalized spacial score (nSPS) is 8.13. The second-order valence-electron chi connectivity index (χ2n) is 1.69. The zero-order valence-corrected chi connectivity index (χ0v) is 9.34. The molecule has 0 aliphatic carbocycles. The molecule has 0 heterocycles. The molecule has 0 fully saturated rings. The van der Waals surface area contributed by atoms with Crippen LogP contribution in [0.4, 0.5) is 0 Å². The Hall–Kier alpha value is -0.560. The fraction of sp³-hybridized carbons (Fsp3) is 0.750. The predicted octanol–water partition coefficient (Wildman–Crippen LogP) is -1.90. The van der Waals surface area contributed by atoms with Crippen LogP contribution in [0.5, 0.6) is 0 Å². The summed E-state index contributed by atoms with van der Waals surface area (Å²) in [5.41, 5.74) is 7.22. The van der Waals surface area contributed by atoms with Gasteiger partial charge >= 0.3 is 10.4 Å². The lowest BCUT2D eigenvalue weighted by Gasteiger charge is -2.05. The summed E-state index contributed by atoms with van der Waals surface area (Å²) in [4.78, 5) is 0. The first-order valence-electron chi connectivity index (χ1n) is 2.91. The highest BCUT2D eigenvalue weighted by Crippen LogP contribution is 1.62. The topological polar surface area (TPSA) is 168 Å². The van der Waals surface area contributed by atoms with Gasteiger partial charge in [-0.25, -0.2) is 5.84 Å². The van der Waals surface area contributed by atoms with Gasteiger partial charge in [-0.1, -0.05) is 7.43 Å². The van der Waals surface area contributed by atoms with Crippen molar-refractivity contribution in [1.82, 2.24) is 10.4 Å². The van der Waals surface area contributed by atoms with Gasteiger partial charge in [0.2, 0.25) is 0 Å². The molecule has 9 N–H and O–H groups in total. The maximum Gasteiger partial charge on any atom is 0.394 e. The number of hydrogen-bond acceptors (Lipinski definition) is 6. The Balaban J connectivity index is -0.0000000617. The third-order valence-corrected chi connectivity index (χ3v) is 0.636. The first kappa shape index (κ1) is 23.9. The fourth-order valence-corrected chi connectivity index (χ4v) is 0.